The summed E-state index contributed by atoms with van der Waals surface area (Å²) in [7, 11) is 7.32. The highest BCUT2D eigenvalue weighted by atomic mass is 35.5. The monoisotopic (exact) mass is 847 g/mol. The minimum atomic E-state index is -0.561. The normalized spacial score (nSPS) is 14.1. The Morgan fingerprint density at radius 3 is 1.42 bits per heavy atom. The van der Waals surface area contributed by atoms with Crippen LogP contribution in [0.5, 0.6) is 11.5 Å². The van der Waals surface area contributed by atoms with Gasteiger partial charge in [0, 0.05) is 86.2 Å². The summed E-state index contributed by atoms with van der Waals surface area (Å²) in [6.07, 6.45) is 0. The van der Waals surface area contributed by atoms with E-state index in [0.29, 0.717) is 33.8 Å². The van der Waals surface area contributed by atoms with Gasteiger partial charge in [-0.05, 0) is 141 Å². The van der Waals surface area contributed by atoms with Crippen molar-refractivity contribution in [3.8, 4) is 11.5 Å². The van der Waals surface area contributed by atoms with Crippen LogP contribution in [0.1, 0.15) is 52.6 Å². The second kappa shape index (κ2) is 26.3. The number of nitrogens with zero attached hydrogens (tertiary/aromatic N) is 5. The molecule has 0 spiro atoms. The Bertz CT molecular complexity index is 1810. The second-order valence-corrected chi connectivity index (χ2v) is 14.9. The largest absolute Gasteiger partial charge is 0.497 e. The van der Waals surface area contributed by atoms with E-state index in [1.165, 1.54) is 57.4 Å². The number of carbonyl (C=O) groups is 2. The van der Waals surface area contributed by atoms with Crippen molar-refractivity contribution in [3.63, 3.8) is 0 Å². The molecule has 0 aliphatic carbocycles. The van der Waals surface area contributed by atoms with Crippen molar-refractivity contribution in [2.45, 2.75) is 34.0 Å². The summed E-state index contributed by atoms with van der Waals surface area (Å²) in [5.74, 6) is 0.827. The summed E-state index contributed by atoms with van der Waals surface area (Å²) in [4.78, 5) is 35.1. The van der Waals surface area contributed by atoms with E-state index < -0.39 is 5.24 Å². The molecule has 2 fully saturated rings. The van der Waals surface area contributed by atoms with Gasteiger partial charge in [0.05, 0.1) is 27.4 Å². The van der Waals surface area contributed by atoms with Crippen molar-refractivity contribution in [3.05, 3.63) is 107 Å². The molecule has 13 nitrogen and oxygen atoms in total. The molecule has 0 atom stereocenters. The van der Waals surface area contributed by atoms with Crippen molar-refractivity contribution in [1.82, 2.24) is 14.7 Å². The number of aliphatic hydroxyl groups is 2. The van der Waals surface area contributed by atoms with Gasteiger partial charge in [-0.2, -0.15) is 0 Å². The highest BCUT2D eigenvalue weighted by molar-refractivity contribution is 6.67. The number of halogens is 1. The number of rotatable bonds is 12. The molecule has 4 aromatic carbocycles. The Hall–Kier alpha value is -4.89. The number of nitrogen functional groups attached to an aromatic ring is 1. The van der Waals surface area contributed by atoms with E-state index in [0.717, 1.165) is 63.7 Å². The Balaban J connectivity index is 0.000000239. The van der Waals surface area contributed by atoms with Gasteiger partial charge in [0.15, 0.2) is 0 Å². The third-order valence-corrected chi connectivity index (χ3v) is 10.6. The Labute approximate surface area is 362 Å². The lowest BCUT2D eigenvalue weighted by molar-refractivity contribution is 0.102. The van der Waals surface area contributed by atoms with Crippen molar-refractivity contribution in [2.75, 3.05) is 121 Å². The molecule has 5 N–H and O–H groups in total. The number of piperazine rings is 2. The van der Waals surface area contributed by atoms with Gasteiger partial charge < -0.3 is 55.2 Å². The van der Waals surface area contributed by atoms with Gasteiger partial charge in [-0.25, -0.2) is 0 Å². The molecule has 0 saturated carbocycles. The van der Waals surface area contributed by atoms with E-state index in [9.17, 15) is 14.7 Å². The first kappa shape index (κ1) is 49.5. The molecule has 2 aliphatic rings. The van der Waals surface area contributed by atoms with Gasteiger partial charge >= 0.3 is 0 Å². The number of hydrogen-bond acceptors (Lipinski definition) is 12. The molecular weight excluding hydrogens is 782 g/mol. The maximum Gasteiger partial charge on any atom is 0.255 e. The number of nitrogens with two attached hydrogens (primary N) is 1. The van der Waals surface area contributed by atoms with Gasteiger partial charge in [-0.3, -0.25) is 9.59 Å². The Kier molecular flexibility index (Phi) is 21.7. The first-order chi connectivity index (χ1) is 28.9. The Morgan fingerprint density at radius 1 is 0.650 bits per heavy atom. The summed E-state index contributed by atoms with van der Waals surface area (Å²) in [6, 6.07) is 25.7. The smallest absolute Gasteiger partial charge is 0.255 e. The van der Waals surface area contributed by atoms with Crippen LogP contribution in [0.25, 0.3) is 0 Å². The van der Waals surface area contributed by atoms with Crippen LogP contribution in [-0.2, 0) is 13.2 Å². The van der Waals surface area contributed by atoms with Crippen molar-refractivity contribution in [1.29, 1.82) is 0 Å². The lowest BCUT2D eigenvalue weighted by Crippen LogP contribution is -2.44. The number of carbonyl (C=O) groups excluding carboxylic acids is 2. The number of hydrogen-bond donors (Lipinski definition) is 4. The molecule has 0 radical (unpaired) electrons. The second-order valence-electron chi connectivity index (χ2n) is 14.5. The van der Waals surface area contributed by atoms with Crippen molar-refractivity contribution >= 4 is 45.5 Å². The third kappa shape index (κ3) is 16.6. The zero-order valence-corrected chi connectivity index (χ0v) is 37.3. The standard InChI is InChI=1S/C20H25N3O3.C11H17N3.C9H9ClO3.C6H15N/c1-22-7-9-23(10-8-22)18-5-3-17(4-6-18)21-20(25)16-11-15(14-24)12-19(13-16)26-2;1-13-6-8-14(9-7-13)11-4-2-10(12)3-5-11;1-13-8-3-6(5-11)2-7(4-8)9(10)12;1-4-7(5-2)6-3/h3-6,11-13,24H,7-10,14H2,1-2H3,(H,21,25);2-5H,6-9,12H2,1H3;2-4,11H,5H2,1H3;4-6H2,1-3H3. The zero-order chi connectivity index (χ0) is 44.0. The SMILES string of the molecule is CCN(CC)CC.CN1CCN(c2ccc(N)cc2)CC1.COc1cc(CO)cc(C(=O)Cl)c1.COc1cc(CO)cc(C(=O)Nc2ccc(N3CCN(C)CC3)cc2)c1. The fraction of sp³-hybridized carbons (Fsp3) is 0.435. The van der Waals surface area contributed by atoms with Crippen LogP contribution in [0.3, 0.4) is 0 Å². The fourth-order valence-electron chi connectivity index (χ4n) is 6.43. The van der Waals surface area contributed by atoms with Gasteiger partial charge in [0.25, 0.3) is 11.1 Å². The van der Waals surface area contributed by atoms with Gasteiger partial charge in [0.2, 0.25) is 0 Å². The molecule has 2 saturated heterocycles. The molecule has 14 heteroatoms. The van der Waals surface area contributed by atoms with Crippen molar-refractivity contribution in [2.24, 2.45) is 0 Å². The molecule has 6 rings (SSSR count). The van der Waals surface area contributed by atoms with Crippen LogP contribution in [0.15, 0.2) is 84.9 Å². The van der Waals surface area contributed by atoms with E-state index in [4.69, 9.17) is 31.9 Å². The van der Waals surface area contributed by atoms with Gasteiger partial charge in [0.1, 0.15) is 11.5 Å². The van der Waals surface area contributed by atoms with Gasteiger partial charge in [-0.15, -0.1) is 0 Å². The highest BCUT2D eigenvalue weighted by Crippen LogP contribution is 2.23. The molecule has 1 amide bonds. The highest BCUT2D eigenvalue weighted by Gasteiger charge is 2.16. The molecule has 4 aromatic rings. The molecule has 328 valence electrons. The van der Waals surface area contributed by atoms with E-state index >= 15 is 0 Å². The maximum absolute atomic E-state index is 12.5. The van der Waals surface area contributed by atoms with E-state index in [1.54, 1.807) is 24.3 Å². The first-order valence-electron chi connectivity index (χ1n) is 20.5. The predicted molar refractivity (Wildman–Crippen MR) is 246 cm³/mol. The number of benzene rings is 4. The number of aliphatic hydroxyl groups excluding tert-OH is 2. The molecular formula is C46H66ClN7O6. The molecule has 0 aromatic heterocycles. The number of methoxy groups -OCH3 is 2. The third-order valence-electron chi connectivity index (χ3n) is 10.4. The number of amides is 1. The molecule has 0 bridgehead atoms. The van der Waals surface area contributed by atoms with Crippen LogP contribution in [0.4, 0.5) is 22.7 Å². The summed E-state index contributed by atoms with van der Waals surface area (Å²) in [5, 5.41) is 20.5. The average molecular weight is 849 g/mol. The first-order valence-corrected chi connectivity index (χ1v) is 20.9. The van der Waals surface area contributed by atoms with E-state index in [-0.39, 0.29) is 19.1 Å². The number of anilines is 4. The summed E-state index contributed by atoms with van der Waals surface area (Å²) in [6.45, 7) is 18.5. The lowest BCUT2D eigenvalue weighted by atomic mass is 10.1. The number of likely N-dealkylation sites (N-methyl/N-ethyl adjacent to an activating group) is 2. The van der Waals surface area contributed by atoms with Crippen LogP contribution in [0, 0.1) is 0 Å². The molecule has 0 unspecified atom stereocenters. The molecule has 2 aliphatic heterocycles. The minimum absolute atomic E-state index is 0.142. The minimum Gasteiger partial charge on any atom is -0.497 e. The maximum atomic E-state index is 12.5. The topological polar surface area (TPSA) is 147 Å². The van der Waals surface area contributed by atoms with Crippen LogP contribution in [-0.4, -0.2) is 136 Å². The fourth-order valence-corrected chi connectivity index (χ4v) is 6.54. The van der Waals surface area contributed by atoms with Gasteiger partial charge in [-0.1, -0.05) is 20.8 Å². The van der Waals surface area contributed by atoms with Crippen LogP contribution in [0.2, 0.25) is 0 Å². The molecule has 60 heavy (non-hydrogen) atoms. The summed E-state index contributed by atoms with van der Waals surface area (Å²) >= 11 is 5.28. The lowest BCUT2D eigenvalue weighted by Gasteiger charge is -2.34. The van der Waals surface area contributed by atoms with Crippen LogP contribution >= 0.6 is 11.6 Å². The Morgan fingerprint density at radius 2 is 1.05 bits per heavy atom. The predicted octanol–water partition coefficient (Wildman–Crippen LogP) is 6.13. The van der Waals surface area contributed by atoms with Crippen molar-refractivity contribution < 1.29 is 29.3 Å². The number of ether oxygens (including phenoxy) is 2. The van der Waals surface area contributed by atoms with E-state index in [1.807, 2.05) is 36.4 Å². The average Bonchev–Trinajstić information content (AvgIpc) is 3.28. The quantitative estimate of drug-likeness (QED) is 0.0962. The summed E-state index contributed by atoms with van der Waals surface area (Å²) < 4.78 is 10.1. The number of nitrogens with one attached hydrogen (secondary N) is 1. The zero-order valence-electron chi connectivity index (χ0n) is 36.5. The summed E-state index contributed by atoms with van der Waals surface area (Å²) in [5.41, 5.74) is 11.7. The van der Waals surface area contributed by atoms with Crippen LogP contribution < -0.4 is 30.3 Å². The molecule has 2 heterocycles. The van der Waals surface area contributed by atoms with E-state index in [2.05, 4.69) is 76.8 Å².